The van der Waals surface area contributed by atoms with Gasteiger partial charge in [-0.25, -0.2) is 4.79 Å². The number of hydrogen-bond acceptors (Lipinski definition) is 7. The van der Waals surface area contributed by atoms with Crippen LogP contribution in [0.15, 0.2) is 60.8 Å². The third-order valence-corrected chi connectivity index (χ3v) is 12.8. The van der Waals surface area contributed by atoms with Gasteiger partial charge >= 0.3 is 17.9 Å². The molecular weight excluding hydrogens is 887 g/mol. The highest BCUT2D eigenvalue weighted by molar-refractivity contribution is 5.71. The molecule has 2 unspecified atom stereocenters. The summed E-state index contributed by atoms with van der Waals surface area (Å²) in [4.78, 5) is 37.4. The summed E-state index contributed by atoms with van der Waals surface area (Å²) in [6.07, 6.45) is 64.4. The Bertz CT molecular complexity index is 1350. The Balaban J connectivity index is 4.21. The number of hydrogen-bond donors (Lipinski definition) is 1. The summed E-state index contributed by atoms with van der Waals surface area (Å²) in [6.45, 7) is 4.78. The molecule has 0 aromatic rings. The van der Waals surface area contributed by atoms with Crippen molar-refractivity contribution in [2.24, 2.45) is 0 Å². The number of unbranched alkanes of at least 4 members (excludes halogenated alkanes) is 29. The molecule has 9 heteroatoms. The van der Waals surface area contributed by atoms with Gasteiger partial charge < -0.3 is 28.5 Å². The fraction of sp³-hybridized carbons (Fsp3) is 0.790. The summed E-state index contributed by atoms with van der Waals surface area (Å²) in [7, 11) is 5.97. The first kappa shape index (κ1) is 68.0. The second-order valence-electron chi connectivity index (χ2n) is 20.9. The lowest BCUT2D eigenvalue weighted by atomic mass is 10.0. The Morgan fingerprint density at radius 2 is 0.803 bits per heavy atom. The first-order valence-electron chi connectivity index (χ1n) is 29.5. The molecule has 0 amide bonds. The van der Waals surface area contributed by atoms with Gasteiger partial charge in [0.05, 0.1) is 34.4 Å². The molecule has 0 rings (SSSR count). The number of carbonyl (C=O) groups excluding carboxylic acids is 2. The Labute approximate surface area is 437 Å². The van der Waals surface area contributed by atoms with Gasteiger partial charge in [0.15, 0.2) is 6.10 Å². The minimum Gasteiger partial charge on any atom is -0.477 e. The molecule has 0 heterocycles. The molecule has 0 fully saturated rings. The molecule has 0 aliphatic heterocycles. The third-order valence-electron chi connectivity index (χ3n) is 12.8. The highest BCUT2D eigenvalue weighted by Gasteiger charge is 2.25. The van der Waals surface area contributed by atoms with E-state index < -0.39 is 24.3 Å². The lowest BCUT2D eigenvalue weighted by molar-refractivity contribution is -0.870. The van der Waals surface area contributed by atoms with Crippen LogP contribution in [-0.2, 0) is 33.3 Å². The normalized spacial score (nSPS) is 13.2. The van der Waals surface area contributed by atoms with Crippen LogP contribution in [-0.4, -0.2) is 87.4 Å². The Morgan fingerprint density at radius 1 is 0.437 bits per heavy atom. The highest BCUT2D eigenvalue weighted by atomic mass is 16.7. The van der Waals surface area contributed by atoms with E-state index in [1.54, 1.807) is 0 Å². The van der Waals surface area contributed by atoms with Gasteiger partial charge in [-0.3, -0.25) is 9.59 Å². The minimum absolute atomic E-state index is 0.183. The Hall–Kier alpha value is -3.01. The molecule has 0 aliphatic carbocycles. The van der Waals surface area contributed by atoms with E-state index in [1.807, 2.05) is 21.1 Å². The smallest absolute Gasteiger partial charge is 0.361 e. The number of carboxylic acids is 1. The molecule has 9 nitrogen and oxygen atoms in total. The fourth-order valence-electron chi connectivity index (χ4n) is 8.24. The van der Waals surface area contributed by atoms with E-state index in [0.717, 1.165) is 64.2 Å². The van der Waals surface area contributed by atoms with E-state index in [2.05, 4.69) is 74.6 Å². The lowest BCUT2D eigenvalue weighted by Gasteiger charge is -2.25. The largest absolute Gasteiger partial charge is 0.477 e. The number of carbonyl (C=O) groups is 3. The quantitative estimate of drug-likeness (QED) is 0.0211. The van der Waals surface area contributed by atoms with Gasteiger partial charge in [-0.1, -0.05) is 229 Å². The van der Waals surface area contributed by atoms with Crippen LogP contribution >= 0.6 is 0 Å². The standard InChI is InChI=1S/C62H111NO8/c1-6-8-10-12-14-16-18-20-22-24-26-27-28-29-30-31-32-33-35-37-39-41-43-45-47-49-51-53-60(65)71-58(57-70-62(61(66)67)68-55-54-63(3,4)5)56-69-59(64)52-50-48-46-44-42-40-38-36-34-25-23-21-19-17-15-13-11-9-7-2/h8,10,14,16,20-23,26-27,58,62H,6-7,9,11-13,15,17-19,24-25,28-57H2,1-5H3/p+1/b10-8-,16-14-,22-20-,23-21-,27-26-. The summed E-state index contributed by atoms with van der Waals surface area (Å²) < 4.78 is 22.9. The molecule has 0 bridgehead atoms. The number of nitrogens with zero attached hydrogens (tertiary/aromatic N) is 1. The Morgan fingerprint density at radius 3 is 1.21 bits per heavy atom. The highest BCUT2D eigenvalue weighted by Crippen LogP contribution is 2.16. The van der Waals surface area contributed by atoms with Crippen molar-refractivity contribution in [3.8, 4) is 0 Å². The number of aliphatic carboxylic acids is 1. The molecule has 412 valence electrons. The molecule has 2 atom stereocenters. The lowest BCUT2D eigenvalue weighted by Crippen LogP contribution is -2.40. The summed E-state index contributed by atoms with van der Waals surface area (Å²) in [5, 5.41) is 9.70. The van der Waals surface area contributed by atoms with Crippen molar-refractivity contribution in [3.63, 3.8) is 0 Å². The summed E-state index contributed by atoms with van der Waals surface area (Å²) >= 11 is 0. The van der Waals surface area contributed by atoms with Crippen molar-refractivity contribution >= 4 is 17.9 Å². The zero-order chi connectivity index (χ0) is 52.0. The van der Waals surface area contributed by atoms with Crippen molar-refractivity contribution in [3.05, 3.63) is 60.8 Å². The van der Waals surface area contributed by atoms with Crippen LogP contribution < -0.4 is 0 Å². The molecule has 1 N–H and O–H groups in total. The maximum atomic E-state index is 12.9. The third kappa shape index (κ3) is 54.6. The van der Waals surface area contributed by atoms with Gasteiger partial charge in [0, 0.05) is 12.8 Å². The monoisotopic (exact) mass is 999 g/mol. The van der Waals surface area contributed by atoms with E-state index in [-0.39, 0.29) is 32.2 Å². The van der Waals surface area contributed by atoms with Crippen LogP contribution in [0.4, 0.5) is 0 Å². The van der Waals surface area contributed by atoms with Crippen LogP contribution in [0, 0.1) is 0 Å². The van der Waals surface area contributed by atoms with Crippen molar-refractivity contribution in [2.75, 3.05) is 47.5 Å². The SMILES string of the molecule is CC/C=C\C/C=C\C/C=C\C/C=C\CCCCCCCCCCCCCCCCC(=O)OC(COC(=O)CCCCCCCCCCC/C=C\CCCCCCCC)COC(OCC[N+](C)(C)C)C(=O)O. The molecule has 0 radical (unpaired) electrons. The predicted molar refractivity (Wildman–Crippen MR) is 300 cm³/mol. The number of ether oxygens (including phenoxy) is 4. The van der Waals surface area contributed by atoms with Gasteiger partial charge in [-0.05, 0) is 77.0 Å². The van der Waals surface area contributed by atoms with Crippen molar-refractivity contribution in [2.45, 2.75) is 270 Å². The van der Waals surface area contributed by atoms with E-state index in [0.29, 0.717) is 17.4 Å². The maximum absolute atomic E-state index is 12.9. The second kappa shape index (κ2) is 53.3. The molecule has 71 heavy (non-hydrogen) atoms. The van der Waals surface area contributed by atoms with Crippen LogP contribution in [0.1, 0.15) is 258 Å². The van der Waals surface area contributed by atoms with Gasteiger partial charge in [0.1, 0.15) is 13.2 Å². The zero-order valence-electron chi connectivity index (χ0n) is 46.9. The molecule has 0 spiro atoms. The molecular formula is C62H112NO8+. The summed E-state index contributed by atoms with van der Waals surface area (Å²) in [5.74, 6) is -2.00. The minimum atomic E-state index is -1.51. The summed E-state index contributed by atoms with van der Waals surface area (Å²) in [6, 6.07) is 0. The number of quaternary nitrogens is 1. The van der Waals surface area contributed by atoms with Crippen LogP contribution in [0.5, 0.6) is 0 Å². The van der Waals surface area contributed by atoms with Gasteiger partial charge in [-0.15, -0.1) is 0 Å². The number of allylic oxidation sites excluding steroid dienone is 10. The summed E-state index contributed by atoms with van der Waals surface area (Å²) in [5.41, 5.74) is 0. The van der Waals surface area contributed by atoms with E-state index in [9.17, 15) is 19.5 Å². The topological polar surface area (TPSA) is 108 Å². The van der Waals surface area contributed by atoms with Gasteiger partial charge in [0.25, 0.3) is 6.29 Å². The Kier molecular flexibility index (Phi) is 51.0. The van der Waals surface area contributed by atoms with Gasteiger partial charge in [0.2, 0.25) is 0 Å². The number of carboxylic acid groups (broad SMARTS) is 1. The molecule has 0 aromatic carbocycles. The van der Waals surface area contributed by atoms with Crippen LogP contribution in [0.2, 0.25) is 0 Å². The van der Waals surface area contributed by atoms with Crippen molar-refractivity contribution in [1.29, 1.82) is 0 Å². The first-order chi connectivity index (χ1) is 34.6. The predicted octanol–water partition coefficient (Wildman–Crippen LogP) is 17.2. The maximum Gasteiger partial charge on any atom is 0.361 e. The van der Waals surface area contributed by atoms with E-state index in [1.165, 1.54) is 167 Å². The van der Waals surface area contributed by atoms with Crippen LogP contribution in [0.3, 0.4) is 0 Å². The first-order valence-corrected chi connectivity index (χ1v) is 29.5. The molecule has 0 saturated heterocycles. The van der Waals surface area contributed by atoms with E-state index >= 15 is 0 Å². The van der Waals surface area contributed by atoms with Crippen LogP contribution in [0.25, 0.3) is 0 Å². The van der Waals surface area contributed by atoms with Crippen molar-refractivity contribution in [1.82, 2.24) is 0 Å². The van der Waals surface area contributed by atoms with Crippen molar-refractivity contribution < 1.29 is 42.9 Å². The second-order valence-corrected chi connectivity index (χ2v) is 20.9. The zero-order valence-corrected chi connectivity index (χ0v) is 46.9. The molecule has 0 aliphatic rings. The number of likely N-dealkylation sites (N-methyl/N-ethyl adjacent to an activating group) is 1. The van der Waals surface area contributed by atoms with Gasteiger partial charge in [-0.2, -0.15) is 0 Å². The number of rotatable bonds is 54. The molecule has 0 aromatic heterocycles. The molecule has 0 saturated carbocycles. The fourth-order valence-corrected chi connectivity index (χ4v) is 8.24. The average Bonchev–Trinajstić information content (AvgIpc) is 3.34. The number of esters is 2. The van der Waals surface area contributed by atoms with E-state index in [4.69, 9.17) is 18.9 Å². The average molecular weight is 1000 g/mol.